The number of aliphatic hydroxyl groups excluding tert-OH is 1. The van der Waals surface area contributed by atoms with Crippen molar-refractivity contribution in [3.8, 4) is 0 Å². The van der Waals surface area contributed by atoms with Crippen molar-refractivity contribution in [1.82, 2.24) is 5.32 Å². The second-order valence-corrected chi connectivity index (χ2v) is 2.85. The Labute approximate surface area is 75.7 Å². The third kappa shape index (κ3) is 3.86. The van der Waals surface area contributed by atoms with E-state index in [4.69, 9.17) is 15.9 Å². The average molecular weight is 190 g/mol. The number of amides is 1. The summed E-state index contributed by atoms with van der Waals surface area (Å²) >= 11 is 0. The molecule has 76 valence electrons. The smallest absolute Gasteiger partial charge is 0.328 e. The SMILES string of the molecule is CC(N)C(=O)NC(C(=O)O)C(C)O. The van der Waals surface area contributed by atoms with Crippen LogP contribution in [0.4, 0.5) is 0 Å². The van der Waals surface area contributed by atoms with Crippen LogP contribution >= 0.6 is 0 Å². The molecule has 0 heterocycles. The molecule has 3 atom stereocenters. The van der Waals surface area contributed by atoms with Crippen LogP contribution in [-0.4, -0.2) is 40.3 Å². The summed E-state index contributed by atoms with van der Waals surface area (Å²) < 4.78 is 0. The van der Waals surface area contributed by atoms with Gasteiger partial charge in [-0.2, -0.15) is 0 Å². The van der Waals surface area contributed by atoms with Gasteiger partial charge in [-0.1, -0.05) is 0 Å². The van der Waals surface area contributed by atoms with Crippen molar-refractivity contribution in [3.05, 3.63) is 0 Å². The Hall–Kier alpha value is -1.14. The summed E-state index contributed by atoms with van der Waals surface area (Å²) in [6, 6.07) is -2.10. The highest BCUT2D eigenvalue weighted by Crippen LogP contribution is 1.93. The second-order valence-electron chi connectivity index (χ2n) is 2.85. The molecule has 0 bridgehead atoms. The van der Waals surface area contributed by atoms with Gasteiger partial charge < -0.3 is 21.3 Å². The predicted molar refractivity (Wildman–Crippen MR) is 44.9 cm³/mol. The zero-order valence-electron chi connectivity index (χ0n) is 7.52. The molecular formula is C7H14N2O4. The third-order valence-corrected chi connectivity index (χ3v) is 1.46. The highest BCUT2D eigenvalue weighted by Gasteiger charge is 2.25. The van der Waals surface area contributed by atoms with Gasteiger partial charge in [0.25, 0.3) is 0 Å². The van der Waals surface area contributed by atoms with E-state index < -0.39 is 30.1 Å². The number of nitrogens with two attached hydrogens (primary N) is 1. The minimum atomic E-state index is -1.31. The van der Waals surface area contributed by atoms with Crippen LogP contribution in [-0.2, 0) is 9.59 Å². The second kappa shape index (κ2) is 4.78. The lowest BCUT2D eigenvalue weighted by molar-refractivity contribution is -0.144. The molecule has 1 amide bonds. The Morgan fingerprint density at radius 3 is 2.08 bits per heavy atom. The predicted octanol–water partition coefficient (Wildman–Crippen LogP) is -1.72. The molecule has 0 radical (unpaired) electrons. The van der Waals surface area contributed by atoms with E-state index in [1.54, 1.807) is 0 Å². The van der Waals surface area contributed by atoms with Gasteiger partial charge in [0.2, 0.25) is 5.91 Å². The van der Waals surface area contributed by atoms with Crippen molar-refractivity contribution in [2.45, 2.75) is 32.0 Å². The summed E-state index contributed by atoms with van der Waals surface area (Å²) in [6.45, 7) is 2.70. The first kappa shape index (κ1) is 11.9. The molecule has 6 nitrogen and oxygen atoms in total. The first-order valence-corrected chi connectivity index (χ1v) is 3.83. The first-order chi connectivity index (χ1) is 5.86. The van der Waals surface area contributed by atoms with Crippen LogP contribution in [0.1, 0.15) is 13.8 Å². The highest BCUT2D eigenvalue weighted by molar-refractivity contribution is 5.86. The van der Waals surface area contributed by atoms with Crippen molar-refractivity contribution in [1.29, 1.82) is 0 Å². The van der Waals surface area contributed by atoms with E-state index in [0.29, 0.717) is 0 Å². The van der Waals surface area contributed by atoms with Crippen LogP contribution in [0.15, 0.2) is 0 Å². The van der Waals surface area contributed by atoms with Crippen LogP contribution in [0, 0.1) is 0 Å². The van der Waals surface area contributed by atoms with E-state index in [0.717, 1.165) is 0 Å². The molecule has 0 rings (SSSR count). The Morgan fingerprint density at radius 1 is 1.38 bits per heavy atom. The summed E-state index contributed by atoms with van der Waals surface area (Å²) in [6.07, 6.45) is -1.15. The van der Waals surface area contributed by atoms with Gasteiger partial charge >= 0.3 is 5.97 Å². The number of hydrogen-bond acceptors (Lipinski definition) is 4. The van der Waals surface area contributed by atoms with Crippen molar-refractivity contribution in [2.24, 2.45) is 5.73 Å². The number of aliphatic hydroxyl groups is 1. The van der Waals surface area contributed by atoms with Gasteiger partial charge in [0.15, 0.2) is 6.04 Å². The van der Waals surface area contributed by atoms with Crippen LogP contribution in [0.3, 0.4) is 0 Å². The normalized spacial score (nSPS) is 17.2. The molecule has 0 aliphatic heterocycles. The number of nitrogens with one attached hydrogen (secondary N) is 1. The van der Waals surface area contributed by atoms with Crippen LogP contribution in [0.25, 0.3) is 0 Å². The molecule has 3 unspecified atom stereocenters. The molecule has 0 spiro atoms. The zero-order valence-corrected chi connectivity index (χ0v) is 7.52. The van der Waals surface area contributed by atoms with Gasteiger partial charge in [-0.25, -0.2) is 4.79 Å². The summed E-state index contributed by atoms with van der Waals surface area (Å²) in [5.74, 6) is -1.89. The molecule has 0 aromatic carbocycles. The zero-order chi connectivity index (χ0) is 10.6. The van der Waals surface area contributed by atoms with Crippen LogP contribution in [0.2, 0.25) is 0 Å². The molecule has 0 aromatic rings. The van der Waals surface area contributed by atoms with Crippen molar-refractivity contribution in [3.63, 3.8) is 0 Å². The van der Waals surface area contributed by atoms with Gasteiger partial charge in [-0.15, -0.1) is 0 Å². The summed E-state index contributed by atoms with van der Waals surface area (Å²) in [7, 11) is 0. The Balaban J connectivity index is 4.27. The molecule has 0 saturated carbocycles. The van der Waals surface area contributed by atoms with Crippen molar-refractivity contribution < 1.29 is 19.8 Å². The minimum Gasteiger partial charge on any atom is -0.480 e. The lowest BCUT2D eigenvalue weighted by Crippen LogP contribution is -2.51. The molecule has 0 fully saturated rings. The molecule has 0 aliphatic carbocycles. The van der Waals surface area contributed by atoms with Gasteiger partial charge in [0.05, 0.1) is 12.1 Å². The Bertz CT molecular complexity index is 203. The molecule has 0 saturated heterocycles. The van der Waals surface area contributed by atoms with Gasteiger partial charge in [-0.05, 0) is 13.8 Å². The molecule has 0 aromatic heterocycles. The van der Waals surface area contributed by atoms with E-state index >= 15 is 0 Å². The summed E-state index contributed by atoms with van der Waals surface area (Å²) in [4.78, 5) is 21.4. The van der Waals surface area contributed by atoms with Crippen molar-refractivity contribution in [2.75, 3.05) is 0 Å². The Kier molecular flexibility index (Phi) is 4.36. The number of rotatable bonds is 4. The number of carboxylic acid groups (broad SMARTS) is 1. The first-order valence-electron chi connectivity index (χ1n) is 3.83. The molecule has 6 heteroatoms. The number of carbonyl (C=O) groups is 2. The quantitative estimate of drug-likeness (QED) is 0.421. The van der Waals surface area contributed by atoms with Gasteiger partial charge in [0.1, 0.15) is 0 Å². The van der Waals surface area contributed by atoms with E-state index in [2.05, 4.69) is 5.32 Å². The van der Waals surface area contributed by atoms with Gasteiger partial charge in [-0.3, -0.25) is 4.79 Å². The van der Waals surface area contributed by atoms with Crippen molar-refractivity contribution >= 4 is 11.9 Å². The van der Waals surface area contributed by atoms with Crippen LogP contribution in [0.5, 0.6) is 0 Å². The monoisotopic (exact) mass is 190 g/mol. The van der Waals surface area contributed by atoms with E-state index in [1.165, 1.54) is 13.8 Å². The minimum absolute atomic E-state index is 0.603. The summed E-state index contributed by atoms with van der Waals surface area (Å²) in [5.41, 5.74) is 5.20. The Morgan fingerprint density at radius 2 is 1.85 bits per heavy atom. The molecule has 13 heavy (non-hydrogen) atoms. The fraction of sp³-hybridized carbons (Fsp3) is 0.714. The lowest BCUT2D eigenvalue weighted by Gasteiger charge is -2.17. The van der Waals surface area contributed by atoms with E-state index in [9.17, 15) is 9.59 Å². The third-order valence-electron chi connectivity index (χ3n) is 1.46. The highest BCUT2D eigenvalue weighted by atomic mass is 16.4. The molecule has 0 aliphatic rings. The largest absolute Gasteiger partial charge is 0.480 e. The maximum Gasteiger partial charge on any atom is 0.328 e. The number of hydrogen-bond donors (Lipinski definition) is 4. The average Bonchev–Trinajstić information content (AvgIpc) is 1.97. The maximum atomic E-state index is 11.0. The standard InChI is InChI=1S/C7H14N2O4/c1-3(8)6(11)9-5(4(2)10)7(12)13/h3-5,10H,8H2,1-2H3,(H,9,11)(H,12,13). The number of carboxylic acids is 1. The van der Waals surface area contributed by atoms with E-state index in [-0.39, 0.29) is 0 Å². The fourth-order valence-electron chi connectivity index (χ4n) is 0.673. The lowest BCUT2D eigenvalue weighted by atomic mass is 10.1. The molecular weight excluding hydrogens is 176 g/mol. The number of aliphatic carboxylic acids is 1. The van der Waals surface area contributed by atoms with Crippen LogP contribution < -0.4 is 11.1 Å². The van der Waals surface area contributed by atoms with E-state index in [1.807, 2.05) is 0 Å². The number of carbonyl (C=O) groups excluding carboxylic acids is 1. The summed E-state index contributed by atoms with van der Waals surface area (Å²) in [5, 5.41) is 19.6. The maximum absolute atomic E-state index is 11.0. The topological polar surface area (TPSA) is 113 Å². The van der Waals surface area contributed by atoms with Gasteiger partial charge in [0, 0.05) is 0 Å². The molecule has 5 N–H and O–H groups in total. The fourth-order valence-corrected chi connectivity index (χ4v) is 0.673.